The average Bonchev–Trinajstić information content (AvgIpc) is 2.30. The van der Waals surface area contributed by atoms with E-state index in [9.17, 15) is 5.21 Å². The van der Waals surface area contributed by atoms with Crippen molar-refractivity contribution in [1.29, 1.82) is 0 Å². The molecule has 1 N–H and O–H groups in total. The molecule has 0 aliphatic carbocycles. The summed E-state index contributed by atoms with van der Waals surface area (Å²) < 4.78 is 5.10. The third-order valence-electron chi connectivity index (χ3n) is 3.12. The van der Waals surface area contributed by atoms with Gasteiger partial charge in [-0.15, -0.1) is 0 Å². The first kappa shape index (κ1) is 13.3. The highest BCUT2D eigenvalue weighted by atomic mass is 16.5. The van der Waals surface area contributed by atoms with Gasteiger partial charge in [0.1, 0.15) is 5.75 Å². The summed E-state index contributed by atoms with van der Waals surface area (Å²) in [7, 11) is 1.62. The molecule has 0 saturated heterocycles. The summed E-state index contributed by atoms with van der Waals surface area (Å²) in [6, 6.07) is 7.43. The van der Waals surface area contributed by atoms with Gasteiger partial charge in [-0.3, -0.25) is 0 Å². The molecule has 0 amide bonds. The van der Waals surface area contributed by atoms with E-state index in [0.717, 1.165) is 16.9 Å². The molecule has 3 heteroatoms. The maximum atomic E-state index is 9.21. The maximum absolute atomic E-state index is 9.21. The van der Waals surface area contributed by atoms with Gasteiger partial charge in [0.25, 0.3) is 0 Å². The number of allylic oxidation sites excluding steroid dienone is 1. The maximum Gasteiger partial charge on any atom is 0.118 e. The minimum absolute atomic E-state index is 0.372. The molecule has 0 aliphatic rings. The second-order valence-corrected chi connectivity index (χ2v) is 4.58. The van der Waals surface area contributed by atoms with E-state index in [0.29, 0.717) is 5.71 Å². The third-order valence-corrected chi connectivity index (χ3v) is 3.12. The quantitative estimate of drug-likeness (QED) is 0.374. The van der Waals surface area contributed by atoms with E-state index < -0.39 is 0 Å². The Labute approximate surface area is 102 Å². The van der Waals surface area contributed by atoms with Crippen LogP contribution in [0.25, 0.3) is 0 Å². The number of ether oxygens (including phenoxy) is 1. The van der Waals surface area contributed by atoms with Gasteiger partial charge < -0.3 is 9.94 Å². The average molecular weight is 233 g/mol. The van der Waals surface area contributed by atoms with Crippen molar-refractivity contribution in [3.8, 4) is 5.75 Å². The molecule has 0 unspecified atom stereocenters. The first-order valence-corrected chi connectivity index (χ1v) is 5.46. The molecule has 0 fully saturated rings. The Bertz CT molecular complexity index is 430. The first-order chi connectivity index (χ1) is 7.93. The molecule has 0 saturated carbocycles. The highest BCUT2D eigenvalue weighted by Crippen LogP contribution is 2.30. The lowest BCUT2D eigenvalue weighted by Crippen LogP contribution is -2.26. The number of hydrogen-bond donors (Lipinski definition) is 1. The highest BCUT2D eigenvalue weighted by molar-refractivity contribution is 6.05. The van der Waals surface area contributed by atoms with Crippen molar-refractivity contribution in [3.63, 3.8) is 0 Å². The fraction of sp³-hybridized carbons (Fsp3) is 0.357. The molecule has 0 aliphatic heterocycles. The third kappa shape index (κ3) is 2.67. The minimum Gasteiger partial charge on any atom is -0.497 e. The van der Waals surface area contributed by atoms with Crippen molar-refractivity contribution in [2.45, 2.75) is 20.8 Å². The van der Waals surface area contributed by atoms with E-state index in [2.05, 4.69) is 11.7 Å². The van der Waals surface area contributed by atoms with Gasteiger partial charge >= 0.3 is 0 Å². The number of methoxy groups -OCH3 is 1. The Kier molecular flexibility index (Phi) is 3.94. The van der Waals surface area contributed by atoms with Crippen LogP contribution in [-0.2, 0) is 0 Å². The predicted molar refractivity (Wildman–Crippen MR) is 69.9 cm³/mol. The Balaban J connectivity index is 3.15. The zero-order chi connectivity index (χ0) is 13.1. The van der Waals surface area contributed by atoms with Crippen LogP contribution < -0.4 is 4.74 Å². The van der Waals surface area contributed by atoms with Crippen LogP contribution in [0.4, 0.5) is 0 Å². The number of hydrogen-bond acceptors (Lipinski definition) is 3. The van der Waals surface area contributed by atoms with Crippen LogP contribution in [-0.4, -0.2) is 18.0 Å². The van der Waals surface area contributed by atoms with Crippen molar-refractivity contribution in [1.82, 2.24) is 0 Å². The molecule has 0 bridgehead atoms. The standard InChI is InChI=1S/C14H19NO2/c1-10(2)14(3,4)13(15-16)11-6-8-12(17-5)9-7-11/h6-9,16H,1H2,2-5H3/b15-13+. The molecule has 1 aromatic carbocycles. The topological polar surface area (TPSA) is 41.8 Å². The van der Waals surface area contributed by atoms with Crippen molar-refractivity contribution >= 4 is 5.71 Å². The van der Waals surface area contributed by atoms with E-state index in [1.807, 2.05) is 45.0 Å². The van der Waals surface area contributed by atoms with Crippen LogP contribution >= 0.6 is 0 Å². The first-order valence-electron chi connectivity index (χ1n) is 5.46. The van der Waals surface area contributed by atoms with E-state index in [1.54, 1.807) is 7.11 Å². The van der Waals surface area contributed by atoms with Crippen LogP contribution in [0.1, 0.15) is 26.3 Å². The van der Waals surface area contributed by atoms with Crippen molar-refractivity contribution < 1.29 is 9.94 Å². The lowest BCUT2D eigenvalue weighted by molar-refractivity contribution is 0.312. The SMILES string of the molecule is C=C(C)C(C)(C)/C(=N/O)c1ccc(OC)cc1. The van der Waals surface area contributed by atoms with Gasteiger partial charge in [-0.25, -0.2) is 0 Å². The molecule has 0 heterocycles. The molecule has 3 nitrogen and oxygen atoms in total. The molecule has 92 valence electrons. The number of benzene rings is 1. The van der Waals surface area contributed by atoms with E-state index in [-0.39, 0.29) is 5.41 Å². The zero-order valence-corrected chi connectivity index (χ0v) is 10.8. The zero-order valence-electron chi connectivity index (χ0n) is 10.8. The lowest BCUT2D eigenvalue weighted by Gasteiger charge is -2.26. The van der Waals surface area contributed by atoms with Gasteiger partial charge in [-0.2, -0.15) is 0 Å². The van der Waals surface area contributed by atoms with Crippen LogP contribution in [0.5, 0.6) is 5.75 Å². The fourth-order valence-corrected chi connectivity index (χ4v) is 1.49. The van der Waals surface area contributed by atoms with Crippen LogP contribution in [0, 0.1) is 5.41 Å². The minimum atomic E-state index is -0.372. The molecular weight excluding hydrogens is 214 g/mol. The van der Waals surface area contributed by atoms with Crippen LogP contribution in [0.2, 0.25) is 0 Å². The second kappa shape index (κ2) is 5.04. The van der Waals surface area contributed by atoms with Gasteiger partial charge in [-0.1, -0.05) is 31.2 Å². The smallest absolute Gasteiger partial charge is 0.118 e. The summed E-state index contributed by atoms with van der Waals surface area (Å²) >= 11 is 0. The molecule has 17 heavy (non-hydrogen) atoms. The van der Waals surface area contributed by atoms with E-state index >= 15 is 0 Å². The van der Waals surface area contributed by atoms with Crippen molar-refractivity contribution in [2.75, 3.05) is 7.11 Å². The summed E-state index contributed by atoms with van der Waals surface area (Å²) in [5.74, 6) is 0.777. The molecule has 1 aromatic rings. The van der Waals surface area contributed by atoms with Crippen LogP contribution in [0.15, 0.2) is 41.6 Å². The monoisotopic (exact) mass is 233 g/mol. The van der Waals surface area contributed by atoms with Crippen molar-refractivity contribution in [2.24, 2.45) is 10.6 Å². The van der Waals surface area contributed by atoms with Gasteiger partial charge in [0, 0.05) is 11.0 Å². The Morgan fingerprint density at radius 3 is 2.18 bits per heavy atom. The van der Waals surface area contributed by atoms with Gasteiger partial charge in [0.2, 0.25) is 0 Å². The molecule has 0 aromatic heterocycles. The summed E-state index contributed by atoms with van der Waals surface area (Å²) in [5.41, 5.74) is 2.04. The molecular formula is C14H19NO2. The van der Waals surface area contributed by atoms with E-state index in [4.69, 9.17) is 4.74 Å². The molecule has 0 atom stereocenters. The second-order valence-electron chi connectivity index (χ2n) is 4.58. The van der Waals surface area contributed by atoms with Gasteiger partial charge in [0.15, 0.2) is 0 Å². The van der Waals surface area contributed by atoms with Gasteiger partial charge in [0.05, 0.1) is 12.8 Å². The Morgan fingerprint density at radius 2 is 1.82 bits per heavy atom. The Hall–Kier alpha value is -1.77. The highest BCUT2D eigenvalue weighted by Gasteiger charge is 2.27. The summed E-state index contributed by atoms with van der Waals surface area (Å²) in [4.78, 5) is 0. The fourth-order valence-electron chi connectivity index (χ4n) is 1.49. The molecule has 0 spiro atoms. The number of oxime groups is 1. The number of nitrogens with zero attached hydrogens (tertiary/aromatic N) is 1. The summed E-state index contributed by atoms with van der Waals surface area (Å²) in [5, 5.41) is 12.6. The van der Waals surface area contributed by atoms with Crippen LogP contribution in [0.3, 0.4) is 0 Å². The molecule has 0 radical (unpaired) electrons. The van der Waals surface area contributed by atoms with Crippen molar-refractivity contribution in [3.05, 3.63) is 42.0 Å². The summed E-state index contributed by atoms with van der Waals surface area (Å²) in [6.07, 6.45) is 0. The number of rotatable bonds is 4. The lowest BCUT2D eigenvalue weighted by atomic mass is 9.78. The normalized spacial score (nSPS) is 12.4. The Morgan fingerprint density at radius 1 is 1.29 bits per heavy atom. The predicted octanol–water partition coefficient (Wildman–Crippen LogP) is 3.48. The van der Waals surface area contributed by atoms with E-state index in [1.165, 1.54) is 0 Å². The summed E-state index contributed by atoms with van der Waals surface area (Å²) in [6.45, 7) is 9.83. The van der Waals surface area contributed by atoms with Gasteiger partial charge in [-0.05, 0) is 31.2 Å². The molecule has 1 rings (SSSR count). The largest absolute Gasteiger partial charge is 0.497 e.